The molecule has 0 saturated heterocycles. The third kappa shape index (κ3) is 2.76. The number of fused-ring (bicyclic) bond motifs is 2. The van der Waals surface area contributed by atoms with E-state index in [1.807, 2.05) is 0 Å². The Morgan fingerprint density at radius 2 is 1.83 bits per heavy atom. The Morgan fingerprint density at radius 1 is 1.22 bits per heavy atom. The van der Waals surface area contributed by atoms with Crippen LogP contribution in [0.25, 0.3) is 0 Å². The molecule has 3 aliphatic rings. The predicted octanol–water partition coefficient (Wildman–Crippen LogP) is 4.12. The van der Waals surface area contributed by atoms with Gasteiger partial charge < -0.3 is 3.88 Å². The zero-order valence-corrected chi connectivity index (χ0v) is 16.9. The fourth-order valence-corrected chi connectivity index (χ4v) is 3.98. The smallest absolute Gasteiger partial charge is 0.363 e. The van der Waals surface area contributed by atoms with Crippen LogP contribution < -0.4 is 0 Å². The maximum atomic E-state index is 4.14. The molecule has 0 aromatic carbocycles. The maximum Gasteiger partial charge on any atom is 0.363 e. The zero-order valence-electron chi connectivity index (χ0n) is 14.9. The van der Waals surface area contributed by atoms with Gasteiger partial charge in [0, 0.05) is 22.9 Å². The summed E-state index contributed by atoms with van der Waals surface area (Å²) in [6.07, 6.45) is 18.4. The van der Waals surface area contributed by atoms with E-state index < -0.39 is 0 Å². The van der Waals surface area contributed by atoms with Crippen LogP contribution in [-0.2, 0) is 0 Å². The first-order chi connectivity index (χ1) is 10.8. The van der Waals surface area contributed by atoms with Gasteiger partial charge in [0.15, 0.2) is 0 Å². The van der Waals surface area contributed by atoms with Crippen LogP contribution in [0.4, 0.5) is 0 Å². The molecule has 0 radical (unpaired) electrons. The normalized spacial score (nSPS) is 27.7. The van der Waals surface area contributed by atoms with Crippen LogP contribution in [0, 0.1) is 17.3 Å². The predicted molar refractivity (Wildman–Crippen MR) is 102 cm³/mol. The molecule has 2 unspecified atom stereocenters. The third-order valence-corrected chi connectivity index (χ3v) is 5.98. The number of rotatable bonds is 3. The van der Waals surface area contributed by atoms with Gasteiger partial charge in [-0.2, -0.15) is 0 Å². The summed E-state index contributed by atoms with van der Waals surface area (Å²) in [4.78, 5) is 0. The van der Waals surface area contributed by atoms with Gasteiger partial charge in [0.25, 0.3) is 0 Å². The summed E-state index contributed by atoms with van der Waals surface area (Å²) in [5, 5.41) is 0. The minimum absolute atomic E-state index is 0.0659. The molecule has 118 valence electrons. The molecule has 0 fully saturated rings. The fourth-order valence-electron chi connectivity index (χ4n) is 3.83. The molecule has 0 N–H and O–H groups in total. The SMILES string of the molecule is C=C(/C=C\C1=C(C)C2=CC3C=CC=CC3C=C2C1(C)C)[N](C)[AlH2]. The Kier molecular flexibility index (Phi) is 4.17. The van der Waals surface area contributed by atoms with Crippen molar-refractivity contribution < 1.29 is 0 Å². The van der Waals surface area contributed by atoms with Crippen molar-refractivity contribution in [1.82, 2.24) is 3.88 Å². The van der Waals surface area contributed by atoms with E-state index in [1.165, 1.54) is 22.3 Å². The van der Waals surface area contributed by atoms with Crippen LogP contribution >= 0.6 is 0 Å². The molecule has 1 nitrogen and oxygen atoms in total. The third-order valence-electron chi connectivity index (χ3n) is 5.40. The van der Waals surface area contributed by atoms with Crippen molar-refractivity contribution in [2.24, 2.45) is 17.3 Å². The molecule has 0 heterocycles. The first-order valence-corrected chi connectivity index (χ1v) is 9.27. The van der Waals surface area contributed by atoms with Gasteiger partial charge in [-0.1, -0.05) is 63.0 Å². The second-order valence-electron chi connectivity index (χ2n) is 7.47. The van der Waals surface area contributed by atoms with Crippen molar-refractivity contribution in [2.45, 2.75) is 20.8 Å². The molecule has 3 rings (SSSR count). The van der Waals surface area contributed by atoms with Crippen LogP contribution in [0.2, 0.25) is 0 Å². The molecule has 0 aromatic heterocycles. The second kappa shape index (κ2) is 5.86. The van der Waals surface area contributed by atoms with E-state index in [2.05, 4.69) is 86.9 Å². The Bertz CT molecular complexity index is 723. The zero-order chi connectivity index (χ0) is 16.8. The summed E-state index contributed by atoms with van der Waals surface area (Å²) >= 11 is 0.997. The van der Waals surface area contributed by atoms with Crippen molar-refractivity contribution in [3.8, 4) is 0 Å². The highest BCUT2D eigenvalue weighted by molar-refractivity contribution is 6.05. The van der Waals surface area contributed by atoms with Gasteiger partial charge in [-0.05, 0) is 42.3 Å². The Morgan fingerprint density at radius 3 is 2.43 bits per heavy atom. The summed E-state index contributed by atoms with van der Waals surface area (Å²) < 4.78 is 2.18. The quantitative estimate of drug-likeness (QED) is 0.559. The van der Waals surface area contributed by atoms with Crippen LogP contribution in [0.5, 0.6) is 0 Å². The van der Waals surface area contributed by atoms with Gasteiger partial charge in [0.05, 0.1) is 0 Å². The molecule has 0 saturated carbocycles. The van der Waals surface area contributed by atoms with E-state index in [0.29, 0.717) is 11.8 Å². The minimum atomic E-state index is 0.0659. The van der Waals surface area contributed by atoms with E-state index in [1.54, 1.807) is 0 Å². The number of allylic oxidation sites excluding steroid dienone is 12. The van der Waals surface area contributed by atoms with Crippen molar-refractivity contribution in [3.05, 3.63) is 83.2 Å². The molecule has 23 heavy (non-hydrogen) atoms. The molecule has 0 aromatic rings. The Hall–Kier alpha value is -1.49. The van der Waals surface area contributed by atoms with E-state index in [0.717, 1.165) is 22.2 Å². The van der Waals surface area contributed by atoms with Crippen LogP contribution in [0.15, 0.2) is 83.2 Å². The highest BCUT2D eigenvalue weighted by atomic mass is 27.1. The monoisotopic (exact) mass is 319 g/mol. The highest BCUT2D eigenvalue weighted by Gasteiger charge is 2.40. The molecule has 0 amide bonds. The largest absolute Gasteiger partial charge is 0.471 e. The summed E-state index contributed by atoms with van der Waals surface area (Å²) in [7, 11) is 2.09. The van der Waals surface area contributed by atoms with Crippen molar-refractivity contribution in [2.75, 3.05) is 7.05 Å². The van der Waals surface area contributed by atoms with Gasteiger partial charge in [-0.15, -0.1) is 0 Å². The molecular formula is C21H26AlN. The summed E-state index contributed by atoms with van der Waals surface area (Å²) in [5.74, 6) is 1.02. The van der Waals surface area contributed by atoms with Gasteiger partial charge in [-0.3, -0.25) is 0 Å². The summed E-state index contributed by atoms with van der Waals surface area (Å²) in [6, 6.07) is 0. The minimum Gasteiger partial charge on any atom is -0.471 e. The molecule has 0 bridgehead atoms. The number of likely N-dealkylation sites (N-methyl/N-ethyl adjacent to an activating group) is 1. The standard InChI is InChI=1S/C21H24N.Al.2H/c1-14(22-5)10-11-19-15(2)18-12-16-8-6-7-9-17(16)13-20(18)21(19,3)4;;;/h6-13,16-17H,1H2,2-5H3;;;/q-1;+1;;/b11-10-;;;. The Balaban J connectivity index is 2.02. The Labute approximate surface area is 148 Å². The topological polar surface area (TPSA) is 3.24 Å². The average Bonchev–Trinajstić information content (AvgIpc) is 2.70. The molecule has 2 atom stereocenters. The van der Waals surface area contributed by atoms with Gasteiger partial charge in [0.1, 0.15) is 0 Å². The van der Waals surface area contributed by atoms with E-state index in [-0.39, 0.29) is 5.41 Å². The average molecular weight is 319 g/mol. The first-order valence-electron chi connectivity index (χ1n) is 8.38. The van der Waals surface area contributed by atoms with Gasteiger partial charge in [-0.25, -0.2) is 0 Å². The van der Waals surface area contributed by atoms with Crippen LogP contribution in [-0.4, -0.2) is 27.4 Å². The van der Waals surface area contributed by atoms with E-state index >= 15 is 0 Å². The summed E-state index contributed by atoms with van der Waals surface area (Å²) in [6.45, 7) is 11.1. The lowest BCUT2D eigenvalue weighted by Gasteiger charge is -2.31. The first kappa shape index (κ1) is 16.4. The summed E-state index contributed by atoms with van der Waals surface area (Å²) in [5.41, 5.74) is 6.93. The fraction of sp³-hybridized carbons (Fsp3) is 0.333. The lowest BCUT2D eigenvalue weighted by Crippen LogP contribution is -2.19. The van der Waals surface area contributed by atoms with Crippen molar-refractivity contribution >= 4 is 16.5 Å². The lowest BCUT2D eigenvalue weighted by atomic mass is 9.73. The van der Waals surface area contributed by atoms with E-state index in [9.17, 15) is 0 Å². The lowest BCUT2D eigenvalue weighted by molar-refractivity contribution is 0.551. The maximum absolute atomic E-state index is 4.14. The molecule has 2 heteroatoms. The van der Waals surface area contributed by atoms with E-state index in [4.69, 9.17) is 0 Å². The van der Waals surface area contributed by atoms with Crippen LogP contribution in [0.3, 0.4) is 0 Å². The second-order valence-corrected chi connectivity index (χ2v) is 8.81. The highest BCUT2D eigenvalue weighted by Crippen LogP contribution is 2.53. The van der Waals surface area contributed by atoms with Crippen LogP contribution in [0.1, 0.15) is 20.8 Å². The number of hydrogen-bond donors (Lipinski definition) is 0. The van der Waals surface area contributed by atoms with Crippen molar-refractivity contribution in [1.29, 1.82) is 0 Å². The van der Waals surface area contributed by atoms with Crippen molar-refractivity contribution in [3.63, 3.8) is 0 Å². The van der Waals surface area contributed by atoms with Gasteiger partial charge in [0.2, 0.25) is 0 Å². The molecular weight excluding hydrogens is 293 g/mol. The number of nitrogens with zero attached hydrogens (tertiary/aromatic N) is 1. The molecule has 0 aliphatic heterocycles. The van der Waals surface area contributed by atoms with Gasteiger partial charge >= 0.3 is 16.5 Å². The number of hydrogen-bond acceptors (Lipinski definition) is 1. The molecule has 3 aliphatic carbocycles. The molecule has 0 spiro atoms.